The first-order valence-corrected chi connectivity index (χ1v) is 7.00. The summed E-state index contributed by atoms with van der Waals surface area (Å²) in [4.78, 5) is 11.1. The van der Waals surface area contributed by atoms with Gasteiger partial charge >= 0.3 is 6.18 Å². The number of Topliss-reactive ketones (excluding diaryl/α,β-unsaturated/α-hetero) is 1. The molecule has 0 heterocycles. The van der Waals surface area contributed by atoms with Crippen LogP contribution in [0.15, 0.2) is 24.3 Å². The van der Waals surface area contributed by atoms with Gasteiger partial charge in [-0.15, -0.1) is 0 Å². The third-order valence-electron chi connectivity index (χ3n) is 1.99. The van der Waals surface area contributed by atoms with Gasteiger partial charge in [0, 0.05) is 10.9 Å². The van der Waals surface area contributed by atoms with Gasteiger partial charge in [-0.2, -0.15) is 13.2 Å². The first-order valence-electron chi connectivity index (χ1n) is 4.40. The van der Waals surface area contributed by atoms with Crippen LogP contribution in [0.4, 0.5) is 13.2 Å². The summed E-state index contributed by atoms with van der Waals surface area (Å²) in [6.45, 7) is 2.66. The van der Waals surface area contributed by atoms with Crippen molar-refractivity contribution in [1.29, 1.82) is 0 Å². The highest BCUT2D eigenvalue weighted by Gasteiger charge is 2.41. The monoisotopic (exact) mass is 250 g/mol. The maximum Gasteiger partial charge on any atom is 0.454 e. The molecule has 0 saturated carbocycles. The number of rotatable bonds is 2. The molecule has 0 aromatic heterocycles. The molecule has 16 heavy (non-hydrogen) atoms. The van der Waals surface area contributed by atoms with Gasteiger partial charge in [0.2, 0.25) is 0 Å². The molecule has 1 aromatic carbocycles. The largest absolute Gasteiger partial charge is 0.454 e. The highest BCUT2D eigenvalue weighted by Crippen LogP contribution is 2.37. The van der Waals surface area contributed by atoms with Gasteiger partial charge in [-0.3, -0.25) is 4.79 Å². The van der Waals surface area contributed by atoms with Crippen molar-refractivity contribution < 1.29 is 22.5 Å². The minimum atomic E-state index is -4.94. The van der Waals surface area contributed by atoms with E-state index in [0.717, 1.165) is 6.07 Å². The lowest BCUT2D eigenvalue weighted by atomic mass is 10.1. The maximum atomic E-state index is 12.3. The summed E-state index contributed by atoms with van der Waals surface area (Å²) in [6.07, 6.45) is -4.94. The fourth-order valence-corrected chi connectivity index (χ4v) is 2.49. The van der Waals surface area contributed by atoms with Crippen LogP contribution in [0.5, 0.6) is 0 Å². The number of halogens is 3. The maximum absolute atomic E-state index is 12.3. The quantitative estimate of drug-likeness (QED) is 0.597. The van der Waals surface area contributed by atoms with Crippen LogP contribution in [0.25, 0.3) is 0 Å². The second-order valence-electron chi connectivity index (χ2n) is 3.69. The Kier molecular flexibility index (Phi) is 3.29. The molecule has 0 saturated heterocycles. The lowest BCUT2D eigenvalue weighted by Gasteiger charge is -2.13. The summed E-state index contributed by atoms with van der Waals surface area (Å²) >= 11 is 0. The molecule has 88 valence electrons. The predicted octanol–water partition coefficient (Wildman–Crippen LogP) is 2.68. The number of benzene rings is 1. The van der Waals surface area contributed by atoms with Crippen molar-refractivity contribution in [3.05, 3.63) is 29.8 Å². The Morgan fingerprint density at radius 2 is 1.69 bits per heavy atom. The molecule has 0 amide bonds. The molecule has 0 N–H and O–H groups in total. The van der Waals surface area contributed by atoms with Crippen LogP contribution in [0.1, 0.15) is 10.4 Å². The summed E-state index contributed by atoms with van der Waals surface area (Å²) in [5, 5.41) is -0.0303. The molecule has 2 nitrogen and oxygen atoms in total. The van der Waals surface area contributed by atoms with Crippen molar-refractivity contribution in [1.82, 2.24) is 0 Å². The molecule has 0 spiro atoms. The van der Waals surface area contributed by atoms with Gasteiger partial charge in [-0.25, -0.2) is 0 Å². The van der Waals surface area contributed by atoms with E-state index in [0.29, 0.717) is 0 Å². The van der Waals surface area contributed by atoms with E-state index >= 15 is 0 Å². The summed E-state index contributed by atoms with van der Waals surface area (Å²) in [6, 6.07) is 5.12. The number of ketones is 1. The molecule has 0 aliphatic carbocycles. The standard InChI is InChI=1S/C10H10F3O2P/c1-16(2,15)8-6-4-3-5-7(8)9(14)10(11,12)13/h3-6H,1-2H3. The minimum absolute atomic E-state index is 0.0303. The smallest absolute Gasteiger partial charge is 0.319 e. The summed E-state index contributed by atoms with van der Waals surface area (Å²) in [5.41, 5.74) is -0.525. The zero-order valence-electron chi connectivity index (χ0n) is 8.71. The Labute approximate surface area is 90.8 Å². The Hall–Kier alpha value is -1.09. The van der Waals surface area contributed by atoms with Gasteiger partial charge < -0.3 is 4.57 Å². The van der Waals surface area contributed by atoms with Crippen LogP contribution < -0.4 is 5.30 Å². The number of carbonyl (C=O) groups excluding carboxylic acids is 1. The molecule has 0 fully saturated rings. The fraction of sp³-hybridized carbons (Fsp3) is 0.300. The van der Waals surface area contributed by atoms with E-state index in [1.807, 2.05) is 0 Å². The molecule has 1 rings (SSSR count). The molecule has 0 bridgehead atoms. The molecule has 6 heteroatoms. The van der Waals surface area contributed by atoms with Crippen molar-refractivity contribution in [3.63, 3.8) is 0 Å². The molecule has 1 aromatic rings. The van der Waals surface area contributed by atoms with Gasteiger partial charge in [0.15, 0.2) is 0 Å². The Bertz CT molecular complexity index is 459. The van der Waals surface area contributed by atoms with Crippen molar-refractivity contribution in [2.45, 2.75) is 6.18 Å². The molecular formula is C10H10F3O2P. The lowest BCUT2D eigenvalue weighted by Crippen LogP contribution is -2.28. The second-order valence-corrected chi connectivity index (χ2v) is 6.88. The topological polar surface area (TPSA) is 34.1 Å². The molecule has 0 aliphatic heterocycles. The molecule has 0 aliphatic rings. The average Bonchev–Trinajstić information content (AvgIpc) is 2.14. The van der Waals surface area contributed by atoms with E-state index in [4.69, 9.17) is 0 Å². The molecule has 0 radical (unpaired) electrons. The van der Waals surface area contributed by atoms with Gasteiger partial charge in [-0.1, -0.05) is 24.3 Å². The van der Waals surface area contributed by atoms with E-state index in [-0.39, 0.29) is 5.30 Å². The van der Waals surface area contributed by atoms with Crippen molar-refractivity contribution >= 4 is 18.2 Å². The number of hydrogen-bond acceptors (Lipinski definition) is 2. The Morgan fingerprint density at radius 1 is 1.19 bits per heavy atom. The first-order chi connectivity index (χ1) is 7.14. The van der Waals surface area contributed by atoms with E-state index in [2.05, 4.69) is 0 Å². The van der Waals surface area contributed by atoms with Crippen LogP contribution >= 0.6 is 7.14 Å². The number of alkyl halides is 3. The average molecular weight is 250 g/mol. The van der Waals surface area contributed by atoms with Crippen LogP contribution in [0, 0.1) is 0 Å². The van der Waals surface area contributed by atoms with Crippen molar-refractivity contribution in [2.75, 3.05) is 13.3 Å². The van der Waals surface area contributed by atoms with E-state index in [1.165, 1.54) is 31.5 Å². The van der Waals surface area contributed by atoms with E-state index < -0.39 is 24.7 Å². The highest BCUT2D eigenvalue weighted by atomic mass is 31.2. The fourth-order valence-electron chi connectivity index (χ4n) is 1.29. The van der Waals surface area contributed by atoms with E-state index in [9.17, 15) is 22.5 Å². The predicted molar refractivity (Wildman–Crippen MR) is 55.9 cm³/mol. The lowest BCUT2D eigenvalue weighted by molar-refractivity contribution is -0.0884. The van der Waals surface area contributed by atoms with Gasteiger partial charge in [0.25, 0.3) is 5.78 Å². The molecule has 0 atom stereocenters. The van der Waals surface area contributed by atoms with Gasteiger partial charge in [-0.05, 0) is 13.3 Å². The normalized spacial score (nSPS) is 12.6. The Balaban J connectivity index is 3.36. The zero-order valence-corrected chi connectivity index (χ0v) is 9.60. The number of carbonyl (C=O) groups is 1. The van der Waals surface area contributed by atoms with Crippen LogP contribution in [0.3, 0.4) is 0 Å². The van der Waals surface area contributed by atoms with Gasteiger partial charge in [0.05, 0.1) is 0 Å². The highest BCUT2D eigenvalue weighted by molar-refractivity contribution is 7.70. The number of hydrogen-bond donors (Lipinski definition) is 0. The SMILES string of the molecule is CP(C)(=O)c1ccccc1C(=O)C(F)(F)F. The zero-order chi connectivity index (χ0) is 12.6. The van der Waals surface area contributed by atoms with Crippen LogP contribution in [-0.2, 0) is 4.57 Å². The minimum Gasteiger partial charge on any atom is -0.319 e. The van der Waals surface area contributed by atoms with E-state index in [1.54, 1.807) is 0 Å². The Morgan fingerprint density at radius 3 is 2.12 bits per heavy atom. The van der Waals surface area contributed by atoms with Crippen molar-refractivity contribution in [3.8, 4) is 0 Å². The molecular weight excluding hydrogens is 240 g/mol. The first kappa shape index (κ1) is 13.0. The third kappa shape index (κ3) is 2.73. The molecule has 0 unspecified atom stereocenters. The summed E-state index contributed by atoms with van der Waals surface area (Å²) in [7, 11) is -2.90. The van der Waals surface area contributed by atoms with Gasteiger partial charge in [0.1, 0.15) is 7.14 Å². The van der Waals surface area contributed by atoms with Crippen molar-refractivity contribution in [2.24, 2.45) is 0 Å². The summed E-state index contributed by atoms with van der Waals surface area (Å²) < 4.78 is 48.5. The summed E-state index contributed by atoms with van der Waals surface area (Å²) in [5.74, 6) is -1.95. The second kappa shape index (κ2) is 4.06. The van der Waals surface area contributed by atoms with Crippen LogP contribution in [0.2, 0.25) is 0 Å². The third-order valence-corrected chi connectivity index (χ3v) is 3.54. The van der Waals surface area contributed by atoms with Crippen LogP contribution in [-0.4, -0.2) is 25.3 Å².